The molecule has 1 saturated carbocycles. The summed E-state index contributed by atoms with van der Waals surface area (Å²) in [5.41, 5.74) is 0. The van der Waals surface area contributed by atoms with E-state index in [1.807, 2.05) is 6.08 Å². The minimum absolute atomic E-state index is 0.0342. The molecule has 0 radical (unpaired) electrons. The Labute approximate surface area is 81.0 Å². The summed E-state index contributed by atoms with van der Waals surface area (Å²) in [5, 5.41) is 12.7. The molecule has 1 aliphatic carbocycles. The van der Waals surface area contributed by atoms with Gasteiger partial charge < -0.3 is 10.4 Å². The number of aliphatic hydroxyl groups excluding tert-OH is 1. The van der Waals surface area contributed by atoms with E-state index in [-0.39, 0.29) is 6.10 Å². The average Bonchev–Trinajstić information content (AvgIpc) is 2.16. The van der Waals surface area contributed by atoms with Crippen molar-refractivity contribution in [3.05, 3.63) is 12.7 Å². The predicted octanol–water partition coefficient (Wildman–Crippen LogP) is 1.70. The number of aliphatic hydroxyl groups is 1. The second-order valence-electron chi connectivity index (χ2n) is 4.11. The van der Waals surface area contributed by atoms with Crippen molar-refractivity contribution in [1.29, 1.82) is 0 Å². The first-order chi connectivity index (χ1) is 6.22. The lowest BCUT2D eigenvalue weighted by atomic mass is 9.87. The van der Waals surface area contributed by atoms with E-state index in [0.717, 1.165) is 38.1 Å². The van der Waals surface area contributed by atoms with Gasteiger partial charge in [-0.3, -0.25) is 0 Å². The molecule has 2 heteroatoms. The Morgan fingerprint density at radius 3 is 2.62 bits per heavy atom. The van der Waals surface area contributed by atoms with Gasteiger partial charge in [-0.2, -0.15) is 0 Å². The van der Waals surface area contributed by atoms with Crippen molar-refractivity contribution in [3.63, 3.8) is 0 Å². The molecule has 1 fully saturated rings. The van der Waals surface area contributed by atoms with Crippen LogP contribution in [-0.2, 0) is 0 Å². The van der Waals surface area contributed by atoms with Crippen LogP contribution in [0.1, 0.15) is 32.6 Å². The van der Waals surface area contributed by atoms with Crippen LogP contribution in [-0.4, -0.2) is 23.8 Å². The molecule has 2 nitrogen and oxygen atoms in total. The van der Waals surface area contributed by atoms with Gasteiger partial charge in [-0.25, -0.2) is 0 Å². The molecular formula is C11H21NO. The molecule has 0 heterocycles. The van der Waals surface area contributed by atoms with Crippen LogP contribution in [0.3, 0.4) is 0 Å². The van der Waals surface area contributed by atoms with Gasteiger partial charge in [0.25, 0.3) is 0 Å². The first kappa shape index (κ1) is 10.7. The number of nitrogens with one attached hydrogen (secondary N) is 1. The molecule has 0 amide bonds. The second-order valence-corrected chi connectivity index (χ2v) is 4.11. The molecule has 0 spiro atoms. The van der Waals surface area contributed by atoms with Crippen LogP contribution in [0.15, 0.2) is 12.7 Å². The molecule has 1 atom stereocenters. The van der Waals surface area contributed by atoms with Gasteiger partial charge in [0.1, 0.15) is 0 Å². The summed E-state index contributed by atoms with van der Waals surface area (Å²) in [6, 6.07) is 0.409. The number of hydrogen-bond acceptors (Lipinski definition) is 2. The van der Waals surface area contributed by atoms with Crippen LogP contribution in [0.2, 0.25) is 0 Å². The van der Waals surface area contributed by atoms with E-state index < -0.39 is 0 Å². The molecule has 0 aromatic carbocycles. The Bertz CT molecular complexity index is 150. The lowest BCUT2D eigenvalue weighted by Crippen LogP contribution is -2.32. The molecule has 0 aromatic rings. The van der Waals surface area contributed by atoms with E-state index in [1.165, 1.54) is 0 Å². The Balaban J connectivity index is 2.12. The SMILES string of the molecule is C=CC(C)NCC1CCC(O)CC1. The largest absolute Gasteiger partial charge is 0.393 e. The summed E-state index contributed by atoms with van der Waals surface area (Å²) >= 11 is 0. The molecule has 0 aliphatic heterocycles. The Kier molecular flexibility index (Phi) is 4.46. The molecule has 0 bridgehead atoms. The highest BCUT2D eigenvalue weighted by Crippen LogP contribution is 2.23. The van der Waals surface area contributed by atoms with E-state index in [0.29, 0.717) is 6.04 Å². The van der Waals surface area contributed by atoms with E-state index in [9.17, 15) is 5.11 Å². The zero-order valence-corrected chi connectivity index (χ0v) is 8.50. The van der Waals surface area contributed by atoms with Crippen LogP contribution in [0.25, 0.3) is 0 Å². The molecule has 2 N–H and O–H groups in total. The van der Waals surface area contributed by atoms with E-state index in [1.54, 1.807) is 0 Å². The fourth-order valence-corrected chi connectivity index (χ4v) is 1.78. The van der Waals surface area contributed by atoms with Crippen molar-refractivity contribution in [2.24, 2.45) is 5.92 Å². The minimum atomic E-state index is -0.0342. The normalized spacial score (nSPS) is 31.2. The van der Waals surface area contributed by atoms with Crippen molar-refractivity contribution in [2.75, 3.05) is 6.54 Å². The van der Waals surface area contributed by atoms with Crippen LogP contribution in [0, 0.1) is 5.92 Å². The lowest BCUT2D eigenvalue weighted by molar-refractivity contribution is 0.108. The lowest BCUT2D eigenvalue weighted by Gasteiger charge is -2.26. The molecule has 1 aliphatic rings. The van der Waals surface area contributed by atoms with Crippen molar-refractivity contribution in [1.82, 2.24) is 5.32 Å². The summed E-state index contributed by atoms with van der Waals surface area (Å²) in [5.74, 6) is 0.755. The zero-order chi connectivity index (χ0) is 9.68. The fraction of sp³-hybridized carbons (Fsp3) is 0.818. The van der Waals surface area contributed by atoms with Gasteiger partial charge in [-0.15, -0.1) is 6.58 Å². The summed E-state index contributed by atoms with van der Waals surface area (Å²) < 4.78 is 0. The van der Waals surface area contributed by atoms with Crippen LogP contribution >= 0.6 is 0 Å². The third kappa shape index (κ3) is 3.92. The van der Waals surface area contributed by atoms with Crippen LogP contribution in [0.4, 0.5) is 0 Å². The molecule has 0 aromatic heterocycles. The summed E-state index contributed by atoms with van der Waals surface area (Å²) in [6.07, 6.45) is 6.19. The van der Waals surface area contributed by atoms with Gasteiger partial charge >= 0.3 is 0 Å². The highest BCUT2D eigenvalue weighted by Gasteiger charge is 2.18. The topological polar surface area (TPSA) is 32.3 Å². The monoisotopic (exact) mass is 183 g/mol. The van der Waals surface area contributed by atoms with Gasteiger partial charge in [0.15, 0.2) is 0 Å². The van der Waals surface area contributed by atoms with E-state index >= 15 is 0 Å². The zero-order valence-electron chi connectivity index (χ0n) is 8.50. The Morgan fingerprint density at radius 2 is 2.08 bits per heavy atom. The molecule has 0 saturated heterocycles. The Hall–Kier alpha value is -0.340. The Morgan fingerprint density at radius 1 is 1.46 bits per heavy atom. The predicted molar refractivity (Wildman–Crippen MR) is 55.6 cm³/mol. The summed E-state index contributed by atoms with van der Waals surface area (Å²) in [7, 11) is 0. The number of hydrogen-bond donors (Lipinski definition) is 2. The highest BCUT2D eigenvalue weighted by atomic mass is 16.3. The van der Waals surface area contributed by atoms with Gasteiger partial charge in [0.05, 0.1) is 6.10 Å². The smallest absolute Gasteiger partial charge is 0.0540 e. The van der Waals surface area contributed by atoms with Crippen molar-refractivity contribution >= 4 is 0 Å². The average molecular weight is 183 g/mol. The van der Waals surface area contributed by atoms with Gasteiger partial charge in [-0.1, -0.05) is 6.08 Å². The second kappa shape index (κ2) is 5.40. The first-order valence-corrected chi connectivity index (χ1v) is 5.26. The van der Waals surface area contributed by atoms with Crippen LogP contribution in [0.5, 0.6) is 0 Å². The summed E-state index contributed by atoms with van der Waals surface area (Å²) in [6.45, 7) is 6.92. The maximum Gasteiger partial charge on any atom is 0.0540 e. The number of rotatable bonds is 4. The quantitative estimate of drug-likeness (QED) is 0.650. The fourth-order valence-electron chi connectivity index (χ4n) is 1.78. The van der Waals surface area contributed by atoms with Crippen molar-refractivity contribution < 1.29 is 5.11 Å². The van der Waals surface area contributed by atoms with Gasteiger partial charge in [0, 0.05) is 6.04 Å². The maximum absolute atomic E-state index is 9.31. The van der Waals surface area contributed by atoms with Crippen molar-refractivity contribution in [2.45, 2.75) is 44.8 Å². The minimum Gasteiger partial charge on any atom is -0.393 e. The maximum atomic E-state index is 9.31. The van der Waals surface area contributed by atoms with Crippen LogP contribution < -0.4 is 5.32 Å². The van der Waals surface area contributed by atoms with Gasteiger partial charge in [0.2, 0.25) is 0 Å². The first-order valence-electron chi connectivity index (χ1n) is 5.26. The molecule has 1 rings (SSSR count). The third-order valence-electron chi connectivity index (χ3n) is 2.90. The highest BCUT2D eigenvalue weighted by molar-refractivity contribution is 4.83. The standard InChI is InChI=1S/C11H21NO/c1-3-9(2)12-8-10-4-6-11(13)7-5-10/h3,9-13H,1,4-8H2,2H3. The van der Waals surface area contributed by atoms with E-state index in [4.69, 9.17) is 0 Å². The van der Waals surface area contributed by atoms with E-state index in [2.05, 4.69) is 18.8 Å². The molecule has 13 heavy (non-hydrogen) atoms. The molecular weight excluding hydrogens is 162 g/mol. The van der Waals surface area contributed by atoms with Crippen molar-refractivity contribution in [3.8, 4) is 0 Å². The molecule has 76 valence electrons. The van der Waals surface area contributed by atoms with Gasteiger partial charge in [-0.05, 0) is 45.1 Å². The molecule has 1 unspecified atom stereocenters. The summed E-state index contributed by atoms with van der Waals surface area (Å²) in [4.78, 5) is 0. The third-order valence-corrected chi connectivity index (χ3v) is 2.90.